The van der Waals surface area contributed by atoms with Crippen LogP contribution in [0.25, 0.3) is 0 Å². The summed E-state index contributed by atoms with van der Waals surface area (Å²) in [5.74, 6) is -0.298. The number of halogens is 1. The Kier molecular flexibility index (Phi) is 6.68. The van der Waals surface area contributed by atoms with Gasteiger partial charge in [0.05, 0.1) is 6.61 Å². The molecular formula is C14H18BrNO2. The molecule has 1 atom stereocenters. The van der Waals surface area contributed by atoms with Crippen molar-refractivity contribution in [3.05, 3.63) is 46.5 Å². The average molecular weight is 312 g/mol. The molecule has 0 aliphatic carbocycles. The first-order valence-corrected chi connectivity index (χ1v) is 6.75. The monoisotopic (exact) mass is 311 g/mol. The van der Waals surface area contributed by atoms with E-state index in [4.69, 9.17) is 4.74 Å². The fourth-order valence-electron chi connectivity index (χ4n) is 1.53. The van der Waals surface area contributed by atoms with E-state index in [1.807, 2.05) is 18.2 Å². The Labute approximate surface area is 116 Å². The summed E-state index contributed by atoms with van der Waals surface area (Å²) in [7, 11) is 0. The summed E-state index contributed by atoms with van der Waals surface area (Å²) in [5.41, 5.74) is 1.20. The second kappa shape index (κ2) is 8.06. The number of rotatable bonds is 6. The van der Waals surface area contributed by atoms with Gasteiger partial charge in [0, 0.05) is 23.1 Å². The maximum atomic E-state index is 11.1. The molecule has 0 saturated carbocycles. The molecule has 0 aliphatic heterocycles. The second-order valence-corrected chi connectivity index (χ2v) is 4.66. The minimum absolute atomic E-state index is 0.215. The molecule has 0 unspecified atom stereocenters. The standard InChI is InChI=1S/C14H18BrNO2/c1-3-18-14(17)9-6-10-16-11(2)12-7-4-5-8-13(12)15/h4-9,11,16H,3,10H2,1-2H3/b9-6+/t11-/m1/s1. The van der Waals surface area contributed by atoms with Crippen LogP contribution in [0.2, 0.25) is 0 Å². The summed E-state index contributed by atoms with van der Waals surface area (Å²) in [5, 5.41) is 3.31. The molecular weight excluding hydrogens is 294 g/mol. The van der Waals surface area contributed by atoms with Gasteiger partial charge in [-0.2, -0.15) is 0 Å². The van der Waals surface area contributed by atoms with E-state index in [1.54, 1.807) is 13.0 Å². The number of carbonyl (C=O) groups excluding carboxylic acids is 1. The van der Waals surface area contributed by atoms with Gasteiger partial charge in [0.2, 0.25) is 0 Å². The fraction of sp³-hybridized carbons (Fsp3) is 0.357. The molecule has 98 valence electrons. The molecule has 1 aromatic carbocycles. The molecule has 0 aliphatic rings. The highest BCUT2D eigenvalue weighted by molar-refractivity contribution is 9.10. The molecule has 0 saturated heterocycles. The summed E-state index contributed by atoms with van der Waals surface area (Å²) in [6, 6.07) is 8.29. The molecule has 18 heavy (non-hydrogen) atoms. The van der Waals surface area contributed by atoms with Crippen LogP contribution < -0.4 is 5.32 Å². The fourth-order valence-corrected chi connectivity index (χ4v) is 2.15. The maximum absolute atomic E-state index is 11.1. The molecule has 0 fully saturated rings. The molecule has 0 amide bonds. The predicted molar refractivity (Wildman–Crippen MR) is 76.3 cm³/mol. The first-order chi connectivity index (χ1) is 8.65. The van der Waals surface area contributed by atoms with Crippen LogP contribution in [0.4, 0.5) is 0 Å². The highest BCUT2D eigenvalue weighted by atomic mass is 79.9. The lowest BCUT2D eigenvalue weighted by Crippen LogP contribution is -2.19. The minimum atomic E-state index is -0.298. The lowest BCUT2D eigenvalue weighted by Gasteiger charge is -2.14. The van der Waals surface area contributed by atoms with Crippen LogP contribution in [-0.2, 0) is 9.53 Å². The van der Waals surface area contributed by atoms with Gasteiger partial charge in [0.25, 0.3) is 0 Å². The number of nitrogens with one attached hydrogen (secondary N) is 1. The Hall–Kier alpha value is -1.13. The Morgan fingerprint density at radius 2 is 2.22 bits per heavy atom. The molecule has 1 N–H and O–H groups in total. The third kappa shape index (κ3) is 5.02. The van der Waals surface area contributed by atoms with E-state index in [1.165, 1.54) is 11.6 Å². The minimum Gasteiger partial charge on any atom is -0.463 e. The molecule has 0 heterocycles. The number of esters is 1. The average Bonchev–Trinajstić information content (AvgIpc) is 2.35. The highest BCUT2D eigenvalue weighted by Crippen LogP contribution is 2.22. The van der Waals surface area contributed by atoms with E-state index in [9.17, 15) is 4.79 Å². The van der Waals surface area contributed by atoms with E-state index in [0.29, 0.717) is 13.2 Å². The Morgan fingerprint density at radius 3 is 2.89 bits per heavy atom. The Morgan fingerprint density at radius 1 is 1.50 bits per heavy atom. The van der Waals surface area contributed by atoms with Gasteiger partial charge in [-0.05, 0) is 25.5 Å². The van der Waals surface area contributed by atoms with Gasteiger partial charge in [0.15, 0.2) is 0 Å². The van der Waals surface area contributed by atoms with Crippen LogP contribution in [0.15, 0.2) is 40.9 Å². The van der Waals surface area contributed by atoms with Gasteiger partial charge in [0.1, 0.15) is 0 Å². The summed E-state index contributed by atoms with van der Waals surface area (Å²) in [6.45, 7) is 4.91. The third-order valence-corrected chi connectivity index (χ3v) is 3.18. The van der Waals surface area contributed by atoms with Crippen molar-refractivity contribution in [3.63, 3.8) is 0 Å². The summed E-state index contributed by atoms with van der Waals surface area (Å²) >= 11 is 3.52. The zero-order valence-electron chi connectivity index (χ0n) is 10.7. The van der Waals surface area contributed by atoms with Crippen LogP contribution in [0.5, 0.6) is 0 Å². The van der Waals surface area contributed by atoms with Gasteiger partial charge >= 0.3 is 5.97 Å². The van der Waals surface area contributed by atoms with E-state index >= 15 is 0 Å². The van der Waals surface area contributed by atoms with Crippen molar-refractivity contribution < 1.29 is 9.53 Å². The number of benzene rings is 1. The van der Waals surface area contributed by atoms with Crippen molar-refractivity contribution in [1.82, 2.24) is 5.32 Å². The van der Waals surface area contributed by atoms with Crippen molar-refractivity contribution in [2.75, 3.05) is 13.2 Å². The SMILES string of the molecule is CCOC(=O)/C=C/CN[C@H](C)c1ccccc1Br. The van der Waals surface area contributed by atoms with E-state index in [0.717, 1.165) is 4.47 Å². The van der Waals surface area contributed by atoms with Crippen molar-refractivity contribution in [2.45, 2.75) is 19.9 Å². The van der Waals surface area contributed by atoms with Gasteiger partial charge in [-0.3, -0.25) is 0 Å². The van der Waals surface area contributed by atoms with Crippen molar-refractivity contribution in [1.29, 1.82) is 0 Å². The maximum Gasteiger partial charge on any atom is 0.330 e. The third-order valence-electron chi connectivity index (χ3n) is 2.45. The number of ether oxygens (including phenoxy) is 1. The Balaban J connectivity index is 2.40. The zero-order valence-corrected chi connectivity index (χ0v) is 12.2. The van der Waals surface area contributed by atoms with E-state index < -0.39 is 0 Å². The summed E-state index contributed by atoms with van der Waals surface area (Å²) < 4.78 is 5.87. The molecule has 0 aromatic heterocycles. The van der Waals surface area contributed by atoms with Gasteiger partial charge in [-0.25, -0.2) is 4.79 Å². The molecule has 0 bridgehead atoms. The number of carbonyl (C=O) groups is 1. The lowest BCUT2D eigenvalue weighted by atomic mass is 10.1. The van der Waals surface area contributed by atoms with Gasteiger partial charge < -0.3 is 10.1 Å². The van der Waals surface area contributed by atoms with Crippen molar-refractivity contribution in [3.8, 4) is 0 Å². The predicted octanol–water partition coefficient (Wildman–Crippen LogP) is 3.22. The smallest absolute Gasteiger partial charge is 0.330 e. The van der Waals surface area contributed by atoms with Crippen molar-refractivity contribution in [2.24, 2.45) is 0 Å². The summed E-state index contributed by atoms with van der Waals surface area (Å²) in [6.07, 6.45) is 3.22. The molecule has 1 aromatic rings. The molecule has 3 nitrogen and oxygen atoms in total. The quantitative estimate of drug-likeness (QED) is 0.647. The normalized spacial score (nSPS) is 12.6. The van der Waals surface area contributed by atoms with Crippen LogP contribution in [0.1, 0.15) is 25.5 Å². The van der Waals surface area contributed by atoms with Gasteiger partial charge in [-0.15, -0.1) is 0 Å². The largest absolute Gasteiger partial charge is 0.463 e. The number of hydrogen-bond donors (Lipinski definition) is 1. The van der Waals surface area contributed by atoms with Crippen LogP contribution in [0, 0.1) is 0 Å². The van der Waals surface area contributed by atoms with Crippen LogP contribution in [-0.4, -0.2) is 19.1 Å². The van der Waals surface area contributed by atoms with Crippen LogP contribution in [0.3, 0.4) is 0 Å². The van der Waals surface area contributed by atoms with Crippen molar-refractivity contribution >= 4 is 21.9 Å². The van der Waals surface area contributed by atoms with E-state index in [2.05, 4.69) is 34.2 Å². The van der Waals surface area contributed by atoms with Gasteiger partial charge in [-0.1, -0.05) is 40.2 Å². The summed E-state index contributed by atoms with van der Waals surface area (Å²) in [4.78, 5) is 11.1. The lowest BCUT2D eigenvalue weighted by molar-refractivity contribution is -0.137. The topological polar surface area (TPSA) is 38.3 Å². The molecule has 0 spiro atoms. The number of hydrogen-bond acceptors (Lipinski definition) is 3. The zero-order chi connectivity index (χ0) is 13.4. The molecule has 4 heteroatoms. The first kappa shape index (κ1) is 14.9. The molecule has 0 radical (unpaired) electrons. The second-order valence-electron chi connectivity index (χ2n) is 3.81. The first-order valence-electron chi connectivity index (χ1n) is 5.96. The molecule has 1 rings (SSSR count). The van der Waals surface area contributed by atoms with E-state index in [-0.39, 0.29) is 12.0 Å². The highest BCUT2D eigenvalue weighted by Gasteiger charge is 2.06. The van der Waals surface area contributed by atoms with Crippen LogP contribution >= 0.6 is 15.9 Å². The Bertz CT molecular complexity index is 418.